The van der Waals surface area contributed by atoms with E-state index >= 15 is 0 Å². The summed E-state index contributed by atoms with van der Waals surface area (Å²) >= 11 is 1.58. The van der Waals surface area contributed by atoms with Crippen LogP contribution >= 0.6 is 11.3 Å². The first kappa shape index (κ1) is 20.6. The molecule has 4 nitrogen and oxygen atoms in total. The van der Waals surface area contributed by atoms with E-state index in [2.05, 4.69) is 50.4 Å². The smallest absolute Gasteiger partial charge is 0.242 e. The minimum Gasteiger partial charge on any atom is -0.354 e. The summed E-state index contributed by atoms with van der Waals surface area (Å²) in [6.07, 6.45) is 2.99. The van der Waals surface area contributed by atoms with Gasteiger partial charge in [0, 0.05) is 18.0 Å². The van der Waals surface area contributed by atoms with Crippen LogP contribution in [-0.4, -0.2) is 29.3 Å². The van der Waals surface area contributed by atoms with E-state index in [1.165, 1.54) is 5.56 Å². The van der Waals surface area contributed by atoms with Crippen LogP contribution in [-0.2, 0) is 28.0 Å². The number of nitrogens with one attached hydrogen (secondary N) is 1. The summed E-state index contributed by atoms with van der Waals surface area (Å²) in [6, 6.07) is 12.0. The number of nitrogens with zero attached hydrogens (tertiary/aromatic N) is 1. The van der Waals surface area contributed by atoms with E-state index in [4.69, 9.17) is 0 Å². The molecule has 2 heterocycles. The second kappa shape index (κ2) is 8.91. The second-order valence-electron chi connectivity index (χ2n) is 8.53. The molecule has 5 heteroatoms. The number of hydrogen-bond acceptors (Lipinski definition) is 3. The number of hydrogen-bond donors (Lipinski definition) is 1. The minimum absolute atomic E-state index is 0.0180. The van der Waals surface area contributed by atoms with Crippen LogP contribution in [0.3, 0.4) is 0 Å². The maximum Gasteiger partial charge on any atom is 0.242 e. The molecule has 28 heavy (non-hydrogen) atoms. The van der Waals surface area contributed by atoms with Gasteiger partial charge < -0.3 is 10.2 Å². The summed E-state index contributed by atoms with van der Waals surface area (Å²) in [5, 5.41) is 4.96. The number of carbonyl (C=O) groups is 2. The zero-order chi connectivity index (χ0) is 20.1. The maximum atomic E-state index is 13.2. The molecule has 0 radical (unpaired) electrons. The molecule has 1 fully saturated rings. The lowest BCUT2D eigenvalue weighted by Crippen LogP contribution is -2.48. The predicted octanol–water partition coefficient (Wildman–Crippen LogP) is 4.29. The molecular weight excluding hydrogens is 368 g/mol. The van der Waals surface area contributed by atoms with Gasteiger partial charge >= 0.3 is 0 Å². The van der Waals surface area contributed by atoms with Gasteiger partial charge in [0.15, 0.2) is 0 Å². The van der Waals surface area contributed by atoms with Crippen LogP contribution in [0, 0.1) is 0 Å². The van der Waals surface area contributed by atoms with Crippen molar-refractivity contribution in [2.24, 2.45) is 0 Å². The van der Waals surface area contributed by atoms with Gasteiger partial charge in [0.1, 0.15) is 6.04 Å². The summed E-state index contributed by atoms with van der Waals surface area (Å²) in [5.74, 6) is -0.00672. The van der Waals surface area contributed by atoms with Crippen molar-refractivity contribution < 1.29 is 9.59 Å². The highest BCUT2D eigenvalue weighted by molar-refractivity contribution is 7.10. The second-order valence-corrected chi connectivity index (χ2v) is 9.56. The Balaban J connectivity index is 1.82. The summed E-state index contributed by atoms with van der Waals surface area (Å²) < 4.78 is 0. The van der Waals surface area contributed by atoms with E-state index in [1.54, 1.807) is 16.2 Å². The Bertz CT molecular complexity index is 791. The minimum atomic E-state index is -0.391. The monoisotopic (exact) mass is 398 g/mol. The topological polar surface area (TPSA) is 49.4 Å². The van der Waals surface area contributed by atoms with Crippen LogP contribution in [0.1, 0.15) is 56.0 Å². The van der Waals surface area contributed by atoms with Crippen molar-refractivity contribution >= 4 is 23.2 Å². The average molecular weight is 399 g/mol. The molecule has 2 amide bonds. The highest BCUT2D eigenvalue weighted by atomic mass is 32.1. The molecule has 1 aromatic carbocycles. The van der Waals surface area contributed by atoms with Crippen molar-refractivity contribution in [2.75, 3.05) is 6.54 Å². The van der Waals surface area contributed by atoms with Gasteiger partial charge in [-0.15, -0.1) is 11.3 Å². The van der Waals surface area contributed by atoms with Crippen molar-refractivity contribution in [2.45, 2.75) is 64.5 Å². The molecule has 1 aliphatic rings. The normalized spacial score (nSPS) is 17.7. The van der Waals surface area contributed by atoms with Crippen molar-refractivity contribution in [1.29, 1.82) is 0 Å². The average Bonchev–Trinajstić information content (AvgIpc) is 3.06. The zero-order valence-corrected chi connectivity index (χ0v) is 17.8. The highest BCUT2D eigenvalue weighted by Gasteiger charge is 2.31. The highest BCUT2D eigenvalue weighted by Crippen LogP contribution is 2.24. The third kappa shape index (κ3) is 5.22. The summed E-state index contributed by atoms with van der Waals surface area (Å²) in [5.41, 5.74) is 2.42. The first-order valence-electron chi connectivity index (χ1n) is 10.0. The van der Waals surface area contributed by atoms with Crippen molar-refractivity contribution in [3.8, 4) is 0 Å². The first-order chi connectivity index (χ1) is 13.3. The molecule has 3 rings (SSSR count). The standard InChI is InChI=1S/C23H30N2O2S/c1-23(2,3)18-11-9-17(10-12-18)16-25(20-8-4-5-13-24-22(20)27)21(26)15-19-7-6-14-28-19/h6-7,9-12,14,20H,4-5,8,13,15-16H2,1-3H3,(H,24,27). The van der Waals surface area contributed by atoms with E-state index in [0.717, 1.165) is 29.7 Å². The van der Waals surface area contributed by atoms with Crippen LogP contribution in [0.2, 0.25) is 0 Å². The Kier molecular flexibility index (Phi) is 6.55. The number of benzene rings is 1. The zero-order valence-electron chi connectivity index (χ0n) is 17.0. The van der Waals surface area contributed by atoms with Gasteiger partial charge in [0.2, 0.25) is 11.8 Å². The Morgan fingerprint density at radius 2 is 1.93 bits per heavy atom. The maximum absolute atomic E-state index is 13.2. The lowest BCUT2D eigenvalue weighted by Gasteiger charge is -2.30. The SMILES string of the molecule is CC(C)(C)c1ccc(CN(C(=O)Cc2cccs2)C2CCCCNC2=O)cc1. The van der Waals surface area contributed by atoms with Crippen LogP contribution in [0.15, 0.2) is 41.8 Å². The fourth-order valence-electron chi connectivity index (χ4n) is 3.56. The molecular formula is C23H30N2O2S. The number of thiophene rings is 1. The van der Waals surface area contributed by atoms with Gasteiger partial charge in [0.25, 0.3) is 0 Å². The van der Waals surface area contributed by atoms with E-state index in [9.17, 15) is 9.59 Å². The number of amides is 2. The first-order valence-corrected chi connectivity index (χ1v) is 10.9. The third-order valence-corrected chi connectivity index (χ3v) is 6.16. The Labute approximate surface area is 172 Å². The molecule has 2 aromatic rings. The van der Waals surface area contributed by atoms with E-state index in [0.29, 0.717) is 19.5 Å². The van der Waals surface area contributed by atoms with Gasteiger partial charge in [0.05, 0.1) is 6.42 Å². The number of carbonyl (C=O) groups excluding carboxylic acids is 2. The van der Waals surface area contributed by atoms with E-state index < -0.39 is 6.04 Å². The lowest BCUT2D eigenvalue weighted by molar-refractivity contribution is -0.140. The Morgan fingerprint density at radius 1 is 1.18 bits per heavy atom. The Morgan fingerprint density at radius 3 is 2.57 bits per heavy atom. The Hall–Kier alpha value is -2.14. The van der Waals surface area contributed by atoms with Gasteiger partial charge in [-0.3, -0.25) is 9.59 Å². The molecule has 1 unspecified atom stereocenters. The van der Waals surface area contributed by atoms with Gasteiger partial charge in [-0.25, -0.2) is 0 Å². The van der Waals surface area contributed by atoms with Crippen LogP contribution in [0.5, 0.6) is 0 Å². The number of rotatable bonds is 5. The van der Waals surface area contributed by atoms with Crippen molar-refractivity contribution in [3.63, 3.8) is 0 Å². The lowest BCUT2D eigenvalue weighted by atomic mass is 9.86. The van der Waals surface area contributed by atoms with Crippen LogP contribution < -0.4 is 5.32 Å². The fraction of sp³-hybridized carbons (Fsp3) is 0.478. The van der Waals surface area contributed by atoms with Crippen LogP contribution in [0.25, 0.3) is 0 Å². The molecule has 1 atom stereocenters. The molecule has 1 aromatic heterocycles. The summed E-state index contributed by atoms with van der Waals surface area (Å²) in [7, 11) is 0. The molecule has 0 bridgehead atoms. The molecule has 1 aliphatic heterocycles. The van der Waals surface area contributed by atoms with Gasteiger partial charge in [-0.2, -0.15) is 0 Å². The molecule has 0 aliphatic carbocycles. The molecule has 1 saturated heterocycles. The van der Waals surface area contributed by atoms with Crippen LogP contribution in [0.4, 0.5) is 0 Å². The quantitative estimate of drug-likeness (QED) is 0.817. The largest absolute Gasteiger partial charge is 0.354 e. The third-order valence-electron chi connectivity index (χ3n) is 5.28. The van der Waals surface area contributed by atoms with Crippen molar-refractivity contribution in [3.05, 3.63) is 57.8 Å². The summed E-state index contributed by atoms with van der Waals surface area (Å²) in [4.78, 5) is 28.6. The molecule has 0 saturated carbocycles. The van der Waals surface area contributed by atoms with E-state index in [1.807, 2.05) is 17.5 Å². The molecule has 0 spiro atoms. The molecule has 150 valence electrons. The summed E-state index contributed by atoms with van der Waals surface area (Å²) in [6.45, 7) is 7.73. The van der Waals surface area contributed by atoms with Gasteiger partial charge in [-0.1, -0.05) is 51.1 Å². The fourth-order valence-corrected chi connectivity index (χ4v) is 4.26. The van der Waals surface area contributed by atoms with E-state index in [-0.39, 0.29) is 17.2 Å². The molecule has 1 N–H and O–H groups in total. The van der Waals surface area contributed by atoms with Crippen molar-refractivity contribution in [1.82, 2.24) is 10.2 Å². The predicted molar refractivity (Wildman–Crippen MR) is 114 cm³/mol. The van der Waals surface area contributed by atoms with Gasteiger partial charge in [-0.05, 0) is 47.3 Å².